The van der Waals surface area contributed by atoms with Crippen LogP contribution in [0, 0.1) is 16.7 Å². The van der Waals surface area contributed by atoms with Crippen LogP contribution in [0.15, 0.2) is 60.7 Å². The highest BCUT2D eigenvalue weighted by Crippen LogP contribution is 2.77. The molecule has 2 saturated carbocycles. The third kappa shape index (κ3) is 4.76. The number of fused-ring (bicyclic) bond motifs is 2. The summed E-state index contributed by atoms with van der Waals surface area (Å²) in [6.07, 6.45) is 1.57. The lowest BCUT2D eigenvalue weighted by Crippen LogP contribution is -2.58. The van der Waals surface area contributed by atoms with Gasteiger partial charge in [0.1, 0.15) is 17.6 Å². The fourth-order valence-corrected chi connectivity index (χ4v) is 7.44. The van der Waals surface area contributed by atoms with Crippen LogP contribution in [0.2, 0.25) is 0 Å². The first kappa shape index (κ1) is 31.1. The minimum absolute atomic E-state index is 0.188. The van der Waals surface area contributed by atoms with E-state index in [2.05, 4.69) is 34.6 Å². The molecule has 0 heterocycles. The van der Waals surface area contributed by atoms with Gasteiger partial charge in [-0.3, -0.25) is 4.79 Å². The number of rotatable bonds is 9. The summed E-state index contributed by atoms with van der Waals surface area (Å²) in [4.78, 5) is 30.7. The lowest BCUT2D eigenvalue weighted by molar-refractivity contribution is -0.193. The van der Waals surface area contributed by atoms with E-state index in [0.717, 1.165) is 24.0 Å². The van der Waals surface area contributed by atoms with Crippen LogP contribution in [0.25, 0.3) is 0 Å². The maximum Gasteiger partial charge on any atom is 0.410 e. The van der Waals surface area contributed by atoms with Gasteiger partial charge in [-0.1, -0.05) is 95.3 Å². The average molecular weight is 564 g/mol. The summed E-state index contributed by atoms with van der Waals surface area (Å²) in [6.45, 7) is 18.4. The maximum atomic E-state index is 14.7. The Morgan fingerprint density at radius 3 is 2.02 bits per heavy atom. The first-order valence-corrected chi connectivity index (χ1v) is 14.9. The highest BCUT2D eigenvalue weighted by molar-refractivity contribution is 5.87. The van der Waals surface area contributed by atoms with Crippen molar-refractivity contribution >= 4 is 12.1 Å². The maximum absolute atomic E-state index is 14.7. The first-order chi connectivity index (χ1) is 19.0. The van der Waals surface area contributed by atoms with Gasteiger partial charge in [0.15, 0.2) is 0 Å². The van der Waals surface area contributed by atoms with Crippen molar-refractivity contribution in [2.45, 2.75) is 110 Å². The molecular weight excluding hydrogens is 514 g/mol. The number of amides is 1. The Labute approximate surface area is 246 Å². The number of nitrogens with zero attached hydrogens (tertiary/aromatic N) is 1. The number of carbonyl (C=O) groups is 2. The van der Waals surface area contributed by atoms with Gasteiger partial charge in [0, 0.05) is 6.54 Å². The molecule has 0 aromatic heterocycles. The van der Waals surface area contributed by atoms with E-state index in [9.17, 15) is 14.7 Å². The van der Waals surface area contributed by atoms with E-state index in [1.807, 2.05) is 65.6 Å². The molecule has 0 saturated heterocycles. The van der Waals surface area contributed by atoms with Gasteiger partial charge in [-0.15, -0.1) is 0 Å². The summed E-state index contributed by atoms with van der Waals surface area (Å²) in [5.41, 5.74) is -3.25. The van der Waals surface area contributed by atoms with Crippen LogP contribution in [-0.2, 0) is 26.3 Å². The molecule has 2 aromatic rings. The average Bonchev–Trinajstić information content (AvgIpc) is 3.20. The minimum atomic E-state index is -1.25. The Hall–Kier alpha value is -2.86. The third-order valence-corrected chi connectivity index (χ3v) is 11.0. The summed E-state index contributed by atoms with van der Waals surface area (Å²) in [7, 11) is 0. The van der Waals surface area contributed by atoms with E-state index in [1.165, 1.54) is 0 Å². The van der Waals surface area contributed by atoms with Crippen molar-refractivity contribution in [1.29, 1.82) is 0 Å². The summed E-state index contributed by atoms with van der Waals surface area (Å²) < 4.78 is 12.3. The normalized spacial score (nSPS) is 27.1. The standard InChI is InChI=1S/C35H49NO5/c1-25(2)22-36(29(38)40-23-26-16-12-10-13-17-26)34-21-20-33(9,30(34,3)4)35(24-34,27-18-14-11-15-19-27)28(37)41-32(7,8)31(5,6)39/h10-19,25,39H,20-24H2,1-9H3/t33-,34+,35-/m1/s1. The second-order valence-electron chi connectivity index (χ2n) is 14.4. The molecule has 4 rings (SSSR count). The van der Waals surface area contributed by atoms with Crippen molar-refractivity contribution < 1.29 is 24.2 Å². The molecule has 0 aliphatic heterocycles. The Bertz CT molecular complexity index is 1250. The smallest absolute Gasteiger partial charge is 0.410 e. The topological polar surface area (TPSA) is 76.1 Å². The van der Waals surface area contributed by atoms with E-state index in [1.54, 1.807) is 27.7 Å². The number of ether oxygens (including phenoxy) is 2. The molecule has 2 bridgehead atoms. The van der Waals surface area contributed by atoms with Gasteiger partial charge in [-0.05, 0) is 74.8 Å². The quantitative estimate of drug-likeness (QED) is 0.325. The third-order valence-electron chi connectivity index (χ3n) is 11.0. The van der Waals surface area contributed by atoms with Crippen molar-refractivity contribution in [3.63, 3.8) is 0 Å². The monoisotopic (exact) mass is 563 g/mol. The largest absolute Gasteiger partial charge is 0.456 e. The second-order valence-corrected chi connectivity index (χ2v) is 14.4. The van der Waals surface area contributed by atoms with Crippen molar-refractivity contribution in [2.24, 2.45) is 16.7 Å². The molecule has 41 heavy (non-hydrogen) atoms. The Balaban J connectivity index is 1.84. The zero-order valence-corrected chi connectivity index (χ0v) is 26.4. The van der Waals surface area contributed by atoms with Crippen molar-refractivity contribution in [2.75, 3.05) is 6.54 Å². The molecule has 3 atom stereocenters. The van der Waals surface area contributed by atoms with E-state index in [-0.39, 0.29) is 24.6 Å². The molecule has 2 fully saturated rings. The summed E-state index contributed by atoms with van der Waals surface area (Å²) in [5.74, 6) is -0.153. The van der Waals surface area contributed by atoms with Gasteiger partial charge in [-0.2, -0.15) is 0 Å². The SMILES string of the molecule is CC(C)CN(C(=O)OCc1ccccc1)[C@]12CC[C@](C)(C1(C)C)[C@@](C(=O)OC(C)(C)C(C)(C)O)(c1ccccc1)C2. The van der Waals surface area contributed by atoms with Crippen LogP contribution >= 0.6 is 0 Å². The van der Waals surface area contributed by atoms with Crippen LogP contribution in [-0.4, -0.2) is 45.4 Å². The number of hydrogen-bond donors (Lipinski definition) is 1. The predicted octanol–water partition coefficient (Wildman–Crippen LogP) is 7.28. The highest BCUT2D eigenvalue weighted by atomic mass is 16.6. The number of esters is 1. The Kier molecular flexibility index (Phi) is 7.92. The van der Waals surface area contributed by atoms with Crippen molar-refractivity contribution in [3.05, 3.63) is 71.8 Å². The number of carbonyl (C=O) groups excluding carboxylic acids is 2. The molecule has 2 aliphatic carbocycles. The molecule has 0 unspecified atom stereocenters. The molecule has 2 aliphatic rings. The van der Waals surface area contributed by atoms with Crippen LogP contribution in [0.5, 0.6) is 0 Å². The van der Waals surface area contributed by atoms with E-state index in [0.29, 0.717) is 13.0 Å². The molecule has 0 spiro atoms. The summed E-state index contributed by atoms with van der Waals surface area (Å²) in [5, 5.41) is 10.9. The zero-order valence-electron chi connectivity index (χ0n) is 26.4. The molecule has 1 N–H and O–H groups in total. The molecule has 6 heteroatoms. The van der Waals surface area contributed by atoms with Gasteiger partial charge in [0.25, 0.3) is 0 Å². The van der Waals surface area contributed by atoms with Crippen molar-refractivity contribution in [1.82, 2.24) is 4.90 Å². The number of benzene rings is 2. The lowest BCUT2D eigenvalue weighted by Gasteiger charge is -2.49. The Morgan fingerprint density at radius 2 is 1.49 bits per heavy atom. The summed E-state index contributed by atoms with van der Waals surface area (Å²) in [6, 6.07) is 19.6. The highest BCUT2D eigenvalue weighted by Gasteiger charge is 2.80. The number of aliphatic hydroxyl groups is 1. The van der Waals surface area contributed by atoms with Gasteiger partial charge in [-0.25, -0.2) is 4.79 Å². The van der Waals surface area contributed by atoms with E-state index >= 15 is 0 Å². The zero-order chi connectivity index (χ0) is 30.5. The predicted molar refractivity (Wildman–Crippen MR) is 161 cm³/mol. The van der Waals surface area contributed by atoms with Gasteiger partial charge >= 0.3 is 12.1 Å². The van der Waals surface area contributed by atoms with Crippen LogP contribution in [0.1, 0.15) is 92.7 Å². The fourth-order valence-electron chi connectivity index (χ4n) is 7.44. The Morgan fingerprint density at radius 1 is 0.927 bits per heavy atom. The minimum Gasteiger partial charge on any atom is -0.456 e. The number of hydrogen-bond acceptors (Lipinski definition) is 5. The molecule has 6 nitrogen and oxygen atoms in total. The molecule has 224 valence electrons. The van der Waals surface area contributed by atoms with E-state index < -0.39 is 33.0 Å². The molecule has 0 radical (unpaired) electrons. The first-order valence-electron chi connectivity index (χ1n) is 14.9. The second kappa shape index (κ2) is 10.4. The van der Waals surface area contributed by atoms with Crippen LogP contribution < -0.4 is 0 Å². The van der Waals surface area contributed by atoms with Gasteiger partial charge in [0.05, 0.1) is 11.1 Å². The van der Waals surface area contributed by atoms with Gasteiger partial charge in [0.2, 0.25) is 0 Å². The molecule has 1 amide bonds. The fraction of sp³-hybridized carbons (Fsp3) is 0.600. The lowest BCUT2D eigenvalue weighted by atomic mass is 9.55. The molecular formula is C35H49NO5. The summed E-state index contributed by atoms with van der Waals surface area (Å²) >= 11 is 0. The van der Waals surface area contributed by atoms with E-state index in [4.69, 9.17) is 9.47 Å². The van der Waals surface area contributed by atoms with Crippen LogP contribution in [0.3, 0.4) is 0 Å². The molecule has 2 aromatic carbocycles. The van der Waals surface area contributed by atoms with Crippen molar-refractivity contribution in [3.8, 4) is 0 Å². The van der Waals surface area contributed by atoms with Crippen LogP contribution in [0.4, 0.5) is 4.79 Å². The van der Waals surface area contributed by atoms with Gasteiger partial charge < -0.3 is 19.5 Å².